The zero-order valence-corrected chi connectivity index (χ0v) is 12.3. The van der Waals surface area contributed by atoms with Gasteiger partial charge in [0.15, 0.2) is 6.61 Å². The molecule has 0 N–H and O–H groups in total. The highest BCUT2D eigenvalue weighted by Gasteiger charge is 2.26. The number of nitro benzene ring substituents is 1. The first kappa shape index (κ1) is 16.2. The molecule has 0 spiro atoms. The van der Waals surface area contributed by atoms with Crippen LogP contribution in [-0.2, 0) is 9.53 Å². The van der Waals surface area contributed by atoms with Crippen molar-refractivity contribution in [2.75, 3.05) is 19.7 Å². The van der Waals surface area contributed by atoms with Crippen molar-refractivity contribution >= 4 is 11.6 Å². The van der Waals surface area contributed by atoms with E-state index in [1.54, 1.807) is 4.90 Å². The molecule has 0 radical (unpaired) electrons. The number of benzene rings is 1. The van der Waals surface area contributed by atoms with Crippen molar-refractivity contribution < 1.29 is 23.6 Å². The summed E-state index contributed by atoms with van der Waals surface area (Å²) in [5.41, 5.74) is -0.377. The van der Waals surface area contributed by atoms with Gasteiger partial charge >= 0.3 is 5.69 Å². The molecule has 2 unspecified atom stereocenters. The third-order valence-electron chi connectivity index (χ3n) is 3.24. The van der Waals surface area contributed by atoms with Crippen molar-refractivity contribution in [3.8, 4) is 5.75 Å². The fourth-order valence-corrected chi connectivity index (χ4v) is 2.37. The van der Waals surface area contributed by atoms with Crippen LogP contribution in [0.1, 0.15) is 13.8 Å². The van der Waals surface area contributed by atoms with Crippen molar-refractivity contribution in [3.05, 3.63) is 34.1 Å². The number of hydrogen-bond acceptors (Lipinski definition) is 5. The van der Waals surface area contributed by atoms with Gasteiger partial charge in [0.1, 0.15) is 5.82 Å². The predicted molar refractivity (Wildman–Crippen MR) is 75.1 cm³/mol. The third-order valence-corrected chi connectivity index (χ3v) is 3.24. The molecule has 22 heavy (non-hydrogen) atoms. The lowest BCUT2D eigenvalue weighted by molar-refractivity contribution is -0.385. The Morgan fingerprint density at radius 2 is 2.09 bits per heavy atom. The van der Waals surface area contributed by atoms with Gasteiger partial charge in [-0.1, -0.05) is 0 Å². The van der Waals surface area contributed by atoms with Crippen LogP contribution in [0.25, 0.3) is 0 Å². The molecule has 1 aromatic carbocycles. The lowest BCUT2D eigenvalue weighted by Crippen LogP contribution is -2.49. The SMILES string of the molecule is CC1CN(C(=O)COc2cc(F)ccc2[N+](=O)[O-])CC(C)O1. The Morgan fingerprint density at radius 1 is 1.45 bits per heavy atom. The molecule has 0 aromatic heterocycles. The van der Waals surface area contributed by atoms with Crippen LogP contribution in [0.4, 0.5) is 10.1 Å². The van der Waals surface area contributed by atoms with E-state index >= 15 is 0 Å². The average molecular weight is 312 g/mol. The Kier molecular flexibility index (Phi) is 4.92. The van der Waals surface area contributed by atoms with Crippen molar-refractivity contribution in [3.63, 3.8) is 0 Å². The van der Waals surface area contributed by atoms with Crippen LogP contribution in [0.3, 0.4) is 0 Å². The fourth-order valence-electron chi connectivity index (χ4n) is 2.37. The topological polar surface area (TPSA) is 81.9 Å². The highest BCUT2D eigenvalue weighted by molar-refractivity contribution is 5.78. The number of ether oxygens (including phenoxy) is 2. The van der Waals surface area contributed by atoms with E-state index in [0.717, 1.165) is 18.2 Å². The standard InChI is InChI=1S/C14H17FN2O5/c1-9-6-16(7-10(2)22-9)14(18)8-21-13-5-11(15)3-4-12(13)17(19)20/h3-5,9-10H,6-8H2,1-2H3. The Morgan fingerprint density at radius 3 is 2.68 bits per heavy atom. The zero-order chi connectivity index (χ0) is 16.3. The summed E-state index contributed by atoms with van der Waals surface area (Å²) in [5, 5.41) is 10.9. The van der Waals surface area contributed by atoms with Gasteiger partial charge in [0.25, 0.3) is 5.91 Å². The summed E-state index contributed by atoms with van der Waals surface area (Å²) >= 11 is 0. The first-order valence-electron chi connectivity index (χ1n) is 6.86. The number of rotatable bonds is 4. The molecule has 1 fully saturated rings. The summed E-state index contributed by atoms with van der Waals surface area (Å²) < 4.78 is 23.9. The molecule has 1 amide bonds. The quantitative estimate of drug-likeness (QED) is 0.625. The molecule has 0 bridgehead atoms. The minimum absolute atomic E-state index is 0.0868. The molecule has 1 aliphatic rings. The van der Waals surface area contributed by atoms with E-state index in [9.17, 15) is 19.3 Å². The highest BCUT2D eigenvalue weighted by atomic mass is 19.1. The first-order chi connectivity index (χ1) is 10.4. The molecular weight excluding hydrogens is 295 g/mol. The molecule has 1 heterocycles. The smallest absolute Gasteiger partial charge is 0.311 e. The maximum atomic E-state index is 13.2. The molecule has 0 saturated carbocycles. The monoisotopic (exact) mass is 312 g/mol. The summed E-state index contributed by atoms with van der Waals surface area (Å²) in [6.07, 6.45) is -0.174. The lowest BCUT2D eigenvalue weighted by Gasteiger charge is -2.35. The van der Waals surface area contributed by atoms with E-state index in [1.165, 1.54) is 0 Å². The Balaban J connectivity index is 2.02. The van der Waals surface area contributed by atoms with Gasteiger partial charge < -0.3 is 14.4 Å². The van der Waals surface area contributed by atoms with E-state index in [2.05, 4.69) is 0 Å². The van der Waals surface area contributed by atoms with E-state index in [-0.39, 0.29) is 36.2 Å². The first-order valence-corrected chi connectivity index (χ1v) is 6.86. The van der Waals surface area contributed by atoms with Crippen molar-refractivity contribution in [2.45, 2.75) is 26.1 Å². The highest BCUT2D eigenvalue weighted by Crippen LogP contribution is 2.27. The number of carbonyl (C=O) groups excluding carboxylic acids is 1. The van der Waals surface area contributed by atoms with Crippen LogP contribution >= 0.6 is 0 Å². The predicted octanol–water partition coefficient (Wildman–Crippen LogP) is 1.75. The van der Waals surface area contributed by atoms with Crippen LogP contribution < -0.4 is 4.74 Å². The molecule has 1 aliphatic heterocycles. The number of nitrogens with zero attached hydrogens (tertiary/aromatic N) is 2. The van der Waals surface area contributed by atoms with Crippen LogP contribution in [0.5, 0.6) is 5.75 Å². The summed E-state index contributed by atoms with van der Waals surface area (Å²) in [6, 6.07) is 2.88. The minimum Gasteiger partial charge on any atom is -0.477 e. The van der Waals surface area contributed by atoms with Gasteiger partial charge in [0.05, 0.1) is 17.1 Å². The van der Waals surface area contributed by atoms with Gasteiger partial charge in [-0.2, -0.15) is 0 Å². The number of halogens is 1. The lowest BCUT2D eigenvalue weighted by atomic mass is 10.2. The third kappa shape index (κ3) is 3.91. The average Bonchev–Trinajstić information content (AvgIpc) is 2.43. The Hall–Kier alpha value is -2.22. The summed E-state index contributed by atoms with van der Waals surface area (Å²) in [6.45, 7) is 4.18. The van der Waals surface area contributed by atoms with Crippen LogP contribution in [-0.4, -0.2) is 47.6 Å². The van der Waals surface area contributed by atoms with Gasteiger partial charge in [-0.15, -0.1) is 0 Å². The molecule has 2 atom stereocenters. The minimum atomic E-state index is -0.682. The van der Waals surface area contributed by atoms with E-state index in [0.29, 0.717) is 13.1 Å². The van der Waals surface area contributed by atoms with Crippen molar-refractivity contribution in [1.29, 1.82) is 0 Å². The molecule has 120 valence electrons. The summed E-state index contributed by atoms with van der Waals surface area (Å²) in [4.78, 5) is 23.9. The van der Waals surface area contributed by atoms with Crippen LogP contribution in [0.15, 0.2) is 18.2 Å². The zero-order valence-electron chi connectivity index (χ0n) is 12.3. The van der Waals surface area contributed by atoms with Gasteiger partial charge in [0.2, 0.25) is 5.75 Å². The molecule has 7 nitrogen and oxygen atoms in total. The second-order valence-electron chi connectivity index (χ2n) is 5.21. The van der Waals surface area contributed by atoms with Crippen LogP contribution in [0, 0.1) is 15.9 Å². The van der Waals surface area contributed by atoms with E-state index in [1.807, 2.05) is 13.8 Å². The largest absolute Gasteiger partial charge is 0.477 e. The second kappa shape index (κ2) is 6.69. The van der Waals surface area contributed by atoms with Crippen LogP contribution in [0.2, 0.25) is 0 Å². The molecule has 1 saturated heterocycles. The maximum Gasteiger partial charge on any atom is 0.311 e. The van der Waals surface area contributed by atoms with Crippen molar-refractivity contribution in [1.82, 2.24) is 4.90 Å². The summed E-state index contributed by atoms with van der Waals surface area (Å²) in [7, 11) is 0. The maximum absolute atomic E-state index is 13.2. The molecule has 2 rings (SSSR count). The van der Waals surface area contributed by atoms with E-state index in [4.69, 9.17) is 9.47 Å². The Bertz CT molecular complexity index is 570. The molecule has 0 aliphatic carbocycles. The Labute approximate surface area is 126 Å². The van der Waals surface area contributed by atoms with Gasteiger partial charge in [0, 0.05) is 25.2 Å². The normalized spacial score (nSPS) is 21.5. The van der Waals surface area contributed by atoms with Gasteiger partial charge in [-0.25, -0.2) is 4.39 Å². The number of hydrogen-bond donors (Lipinski definition) is 0. The number of amides is 1. The molecular formula is C14H17FN2O5. The van der Waals surface area contributed by atoms with Crippen molar-refractivity contribution in [2.24, 2.45) is 0 Å². The molecule has 8 heteroatoms. The van der Waals surface area contributed by atoms with E-state index < -0.39 is 10.7 Å². The second-order valence-corrected chi connectivity index (χ2v) is 5.21. The number of carbonyl (C=O) groups is 1. The summed E-state index contributed by atoms with van der Waals surface area (Å²) in [5.74, 6) is -1.24. The number of morpholine rings is 1. The van der Waals surface area contributed by atoms with Gasteiger partial charge in [-0.3, -0.25) is 14.9 Å². The molecule has 1 aromatic rings. The van der Waals surface area contributed by atoms with Gasteiger partial charge in [-0.05, 0) is 19.9 Å². The number of nitro groups is 1. The fraction of sp³-hybridized carbons (Fsp3) is 0.500.